The number of aromatic nitrogens is 2. The van der Waals surface area contributed by atoms with Crippen molar-refractivity contribution in [1.29, 1.82) is 0 Å². The summed E-state index contributed by atoms with van der Waals surface area (Å²) in [5.41, 5.74) is 2.89. The molecule has 4 nitrogen and oxygen atoms in total. The lowest BCUT2D eigenvalue weighted by Crippen LogP contribution is -2.64. The van der Waals surface area contributed by atoms with Crippen molar-refractivity contribution in [2.45, 2.75) is 72.0 Å². The van der Waals surface area contributed by atoms with Crippen LogP contribution in [0.15, 0.2) is 36.7 Å². The van der Waals surface area contributed by atoms with Gasteiger partial charge in [-0.3, -0.25) is 0 Å². The molecular weight excluding hydrogens is 320 g/mol. The maximum absolute atomic E-state index is 4.77. The highest BCUT2D eigenvalue weighted by molar-refractivity contribution is 5.82. The van der Waals surface area contributed by atoms with Crippen LogP contribution >= 0.6 is 0 Å². The molecule has 2 aromatic rings. The normalized spacial score (nSPS) is 29.6. The summed E-state index contributed by atoms with van der Waals surface area (Å²) in [6.07, 6.45) is 6.08. The van der Waals surface area contributed by atoms with E-state index in [4.69, 9.17) is 9.97 Å². The lowest BCUT2D eigenvalue weighted by molar-refractivity contribution is 0.0892. The molecule has 3 atom stereocenters. The third-order valence-corrected chi connectivity index (χ3v) is 7.23. The molecule has 0 amide bonds. The van der Waals surface area contributed by atoms with Crippen LogP contribution in [0.25, 0.3) is 0 Å². The van der Waals surface area contributed by atoms with Gasteiger partial charge in [0.1, 0.15) is 6.17 Å². The molecule has 4 heteroatoms. The third kappa shape index (κ3) is 1.90. The van der Waals surface area contributed by atoms with Gasteiger partial charge in [0.2, 0.25) is 0 Å². The number of nitrogens with zero attached hydrogens (tertiary/aromatic N) is 4. The van der Waals surface area contributed by atoms with Gasteiger partial charge in [-0.25, -0.2) is 9.97 Å². The monoisotopic (exact) mass is 350 g/mol. The van der Waals surface area contributed by atoms with E-state index in [-0.39, 0.29) is 17.0 Å². The number of rotatable bonds is 3. The van der Waals surface area contributed by atoms with E-state index in [9.17, 15) is 0 Å². The largest absolute Gasteiger partial charge is 0.330 e. The van der Waals surface area contributed by atoms with Gasteiger partial charge in [0.15, 0.2) is 11.6 Å². The lowest BCUT2D eigenvalue weighted by atomic mass is 9.55. The summed E-state index contributed by atoms with van der Waals surface area (Å²) in [7, 11) is 0. The number of para-hydroxylation sites is 1. The molecule has 26 heavy (non-hydrogen) atoms. The van der Waals surface area contributed by atoms with Crippen molar-refractivity contribution in [2.24, 2.45) is 5.41 Å². The first-order valence-electron chi connectivity index (χ1n) is 9.88. The Balaban J connectivity index is 2.08. The van der Waals surface area contributed by atoms with E-state index in [1.54, 1.807) is 0 Å². The highest BCUT2D eigenvalue weighted by Crippen LogP contribution is 2.62. The SMILES string of the molecule is CCC1(C)c2ccccc2N2c3nccnc3N(C(C)C)C2C1(C)CC. The molecule has 1 aromatic carbocycles. The van der Waals surface area contributed by atoms with Gasteiger partial charge >= 0.3 is 0 Å². The predicted molar refractivity (Wildman–Crippen MR) is 108 cm³/mol. The minimum atomic E-state index is 0.0722. The summed E-state index contributed by atoms with van der Waals surface area (Å²) in [6, 6.07) is 9.26. The topological polar surface area (TPSA) is 32.3 Å². The van der Waals surface area contributed by atoms with Crippen LogP contribution in [0.1, 0.15) is 59.9 Å². The van der Waals surface area contributed by atoms with Crippen LogP contribution in [0.3, 0.4) is 0 Å². The first-order valence-corrected chi connectivity index (χ1v) is 9.88. The van der Waals surface area contributed by atoms with Crippen LogP contribution in [0.5, 0.6) is 0 Å². The van der Waals surface area contributed by atoms with Crippen molar-refractivity contribution in [3.8, 4) is 0 Å². The quantitative estimate of drug-likeness (QED) is 0.755. The van der Waals surface area contributed by atoms with Crippen LogP contribution in [-0.2, 0) is 5.41 Å². The van der Waals surface area contributed by atoms with Crippen LogP contribution in [0, 0.1) is 5.41 Å². The Hall–Kier alpha value is -2.10. The summed E-state index contributed by atoms with van der Waals surface area (Å²) in [6.45, 7) is 14.1. The van der Waals surface area contributed by atoms with Gasteiger partial charge < -0.3 is 9.80 Å². The molecule has 2 aliphatic rings. The molecule has 0 saturated heterocycles. The smallest absolute Gasteiger partial charge is 0.178 e. The third-order valence-electron chi connectivity index (χ3n) is 7.23. The van der Waals surface area contributed by atoms with Crippen molar-refractivity contribution in [3.63, 3.8) is 0 Å². The zero-order valence-electron chi connectivity index (χ0n) is 16.8. The van der Waals surface area contributed by atoms with Gasteiger partial charge in [-0.2, -0.15) is 0 Å². The lowest BCUT2D eigenvalue weighted by Gasteiger charge is -2.59. The van der Waals surface area contributed by atoms with Crippen LogP contribution < -0.4 is 9.80 Å². The fourth-order valence-corrected chi connectivity index (χ4v) is 5.31. The maximum atomic E-state index is 4.77. The Labute approximate surface area is 157 Å². The van der Waals surface area contributed by atoms with Crippen molar-refractivity contribution in [2.75, 3.05) is 9.80 Å². The highest BCUT2D eigenvalue weighted by Gasteiger charge is 2.61. The molecule has 3 heterocycles. The molecule has 0 radical (unpaired) electrons. The minimum Gasteiger partial charge on any atom is -0.330 e. The molecule has 138 valence electrons. The molecule has 0 fully saturated rings. The van der Waals surface area contributed by atoms with Crippen LogP contribution in [-0.4, -0.2) is 22.2 Å². The molecule has 1 aromatic heterocycles. The van der Waals surface area contributed by atoms with E-state index in [0.29, 0.717) is 6.04 Å². The number of hydrogen-bond donors (Lipinski definition) is 0. The molecule has 0 saturated carbocycles. The Kier molecular flexibility index (Phi) is 3.80. The molecular formula is C22H30N4. The number of anilines is 3. The Bertz CT molecular complexity index is 832. The Morgan fingerprint density at radius 1 is 1.00 bits per heavy atom. The number of hydrogen-bond acceptors (Lipinski definition) is 4. The molecule has 0 bridgehead atoms. The first kappa shape index (κ1) is 17.3. The predicted octanol–water partition coefficient (Wildman–Crippen LogP) is 5.27. The fourth-order valence-electron chi connectivity index (χ4n) is 5.31. The van der Waals surface area contributed by atoms with E-state index in [1.165, 1.54) is 11.3 Å². The van der Waals surface area contributed by atoms with Gasteiger partial charge in [-0.1, -0.05) is 45.9 Å². The second-order valence-electron chi connectivity index (χ2n) is 8.42. The van der Waals surface area contributed by atoms with Gasteiger partial charge in [-0.15, -0.1) is 0 Å². The standard InChI is InChI=1S/C22H30N4/c1-7-21(5)16-11-9-10-12-17(16)26-19-18(23-13-14-24-19)25(15(3)4)20(26)22(21,6)8-2/h9-15,20H,7-8H2,1-6H3. The second-order valence-corrected chi connectivity index (χ2v) is 8.42. The van der Waals surface area contributed by atoms with Crippen molar-refractivity contribution >= 4 is 17.3 Å². The zero-order valence-corrected chi connectivity index (χ0v) is 16.8. The number of fused-ring (bicyclic) bond motifs is 5. The van der Waals surface area contributed by atoms with Gasteiger partial charge in [0.25, 0.3) is 0 Å². The van der Waals surface area contributed by atoms with E-state index >= 15 is 0 Å². The molecule has 0 N–H and O–H groups in total. The summed E-state index contributed by atoms with van der Waals surface area (Å²) in [5.74, 6) is 2.01. The molecule has 0 aliphatic carbocycles. The van der Waals surface area contributed by atoms with Crippen LogP contribution in [0.4, 0.5) is 17.3 Å². The van der Waals surface area contributed by atoms with E-state index in [0.717, 1.165) is 24.5 Å². The van der Waals surface area contributed by atoms with Gasteiger partial charge in [0.05, 0.1) is 0 Å². The number of benzene rings is 1. The van der Waals surface area contributed by atoms with Crippen LogP contribution in [0.2, 0.25) is 0 Å². The average Bonchev–Trinajstić information content (AvgIpc) is 3.02. The zero-order chi connectivity index (χ0) is 18.7. The van der Waals surface area contributed by atoms with E-state index in [2.05, 4.69) is 75.6 Å². The van der Waals surface area contributed by atoms with Crippen molar-refractivity contribution in [1.82, 2.24) is 9.97 Å². The molecule has 3 unspecified atom stereocenters. The fraction of sp³-hybridized carbons (Fsp3) is 0.545. The Morgan fingerprint density at radius 2 is 1.65 bits per heavy atom. The second kappa shape index (κ2) is 5.70. The highest BCUT2D eigenvalue weighted by atomic mass is 15.5. The minimum absolute atomic E-state index is 0.0722. The maximum Gasteiger partial charge on any atom is 0.178 e. The van der Waals surface area contributed by atoms with Crippen molar-refractivity contribution < 1.29 is 0 Å². The molecule has 2 aliphatic heterocycles. The van der Waals surface area contributed by atoms with Gasteiger partial charge in [0, 0.05) is 35.0 Å². The van der Waals surface area contributed by atoms with Gasteiger partial charge in [-0.05, 0) is 38.3 Å². The summed E-state index contributed by atoms with van der Waals surface area (Å²) >= 11 is 0. The van der Waals surface area contributed by atoms with Crippen molar-refractivity contribution in [3.05, 3.63) is 42.2 Å². The molecule has 0 spiro atoms. The summed E-state index contributed by atoms with van der Waals surface area (Å²) in [4.78, 5) is 14.5. The molecule has 4 rings (SSSR count). The van der Waals surface area contributed by atoms with E-state index in [1.807, 2.05) is 12.4 Å². The van der Waals surface area contributed by atoms with E-state index < -0.39 is 0 Å². The first-order chi connectivity index (χ1) is 12.4. The Morgan fingerprint density at radius 3 is 2.27 bits per heavy atom. The summed E-state index contributed by atoms with van der Waals surface area (Å²) < 4.78 is 0. The summed E-state index contributed by atoms with van der Waals surface area (Å²) in [5, 5.41) is 0. The average molecular weight is 351 g/mol.